The number of rotatable bonds is 3. The van der Waals surface area contributed by atoms with Crippen molar-refractivity contribution in [1.82, 2.24) is 14.8 Å². The average Bonchev–Trinajstić information content (AvgIpc) is 3.23. The molecular formula is C20H20FN3O2. The van der Waals surface area contributed by atoms with Crippen LogP contribution in [0.1, 0.15) is 28.9 Å². The van der Waals surface area contributed by atoms with Crippen LogP contribution in [-0.2, 0) is 11.3 Å². The van der Waals surface area contributed by atoms with Crippen molar-refractivity contribution in [1.29, 1.82) is 0 Å². The molecule has 2 aromatic rings. The van der Waals surface area contributed by atoms with Crippen LogP contribution in [0.5, 0.6) is 0 Å². The van der Waals surface area contributed by atoms with Gasteiger partial charge in [0.05, 0.1) is 17.7 Å². The minimum Gasteiger partial charge on any atom is -0.338 e. The maximum absolute atomic E-state index is 13.1. The molecule has 0 aliphatic carbocycles. The summed E-state index contributed by atoms with van der Waals surface area (Å²) in [5.74, 6) is -0.397. The summed E-state index contributed by atoms with van der Waals surface area (Å²) in [4.78, 5) is 33.5. The fourth-order valence-corrected chi connectivity index (χ4v) is 3.93. The zero-order chi connectivity index (χ0) is 18.1. The molecule has 4 rings (SSSR count). The van der Waals surface area contributed by atoms with Gasteiger partial charge < -0.3 is 9.80 Å². The van der Waals surface area contributed by atoms with Gasteiger partial charge in [-0.1, -0.05) is 6.07 Å². The van der Waals surface area contributed by atoms with Gasteiger partial charge in [-0.15, -0.1) is 0 Å². The summed E-state index contributed by atoms with van der Waals surface area (Å²) >= 11 is 0. The number of carbonyl (C=O) groups is 2. The van der Waals surface area contributed by atoms with Crippen molar-refractivity contribution in [3.63, 3.8) is 0 Å². The van der Waals surface area contributed by atoms with Gasteiger partial charge >= 0.3 is 0 Å². The summed E-state index contributed by atoms with van der Waals surface area (Å²) in [6.07, 6.45) is 3.16. The van der Waals surface area contributed by atoms with Crippen molar-refractivity contribution in [2.45, 2.75) is 19.4 Å². The Hall–Kier alpha value is -2.76. The van der Waals surface area contributed by atoms with E-state index in [1.54, 1.807) is 11.1 Å². The highest BCUT2D eigenvalue weighted by molar-refractivity contribution is 5.95. The smallest absolute Gasteiger partial charge is 0.253 e. The third-order valence-electron chi connectivity index (χ3n) is 5.41. The molecule has 1 aromatic heterocycles. The molecule has 0 N–H and O–H groups in total. The Morgan fingerprint density at radius 3 is 2.62 bits per heavy atom. The van der Waals surface area contributed by atoms with E-state index in [1.165, 1.54) is 24.3 Å². The van der Waals surface area contributed by atoms with Gasteiger partial charge in [0.1, 0.15) is 5.82 Å². The zero-order valence-corrected chi connectivity index (χ0v) is 14.4. The molecule has 1 unspecified atom stereocenters. The van der Waals surface area contributed by atoms with E-state index >= 15 is 0 Å². The highest BCUT2D eigenvalue weighted by Gasteiger charge is 2.51. The number of amides is 2. The van der Waals surface area contributed by atoms with Gasteiger partial charge in [0.25, 0.3) is 5.91 Å². The number of likely N-dealkylation sites (tertiary alicyclic amines) is 2. The number of hydrogen-bond donors (Lipinski definition) is 0. The largest absolute Gasteiger partial charge is 0.338 e. The quantitative estimate of drug-likeness (QED) is 0.852. The summed E-state index contributed by atoms with van der Waals surface area (Å²) < 4.78 is 13.1. The van der Waals surface area contributed by atoms with Crippen LogP contribution in [-0.4, -0.2) is 46.2 Å². The average molecular weight is 353 g/mol. The Labute approximate surface area is 151 Å². The molecule has 0 saturated carbocycles. The summed E-state index contributed by atoms with van der Waals surface area (Å²) in [6.45, 7) is 2.18. The second-order valence-corrected chi connectivity index (χ2v) is 7.06. The standard InChI is InChI=1S/C20H20FN3O2/c21-16-6-4-15(5-7-16)18(25)24-12-9-20(14-24)8-11-23(19(20)26)13-17-3-1-2-10-22-17/h1-7,10H,8-9,11-14H2. The van der Waals surface area contributed by atoms with Crippen molar-refractivity contribution in [2.24, 2.45) is 5.41 Å². The lowest BCUT2D eigenvalue weighted by Gasteiger charge is -2.23. The predicted molar refractivity (Wildman–Crippen MR) is 93.6 cm³/mol. The number of halogens is 1. The van der Waals surface area contributed by atoms with Crippen molar-refractivity contribution in [3.05, 3.63) is 65.7 Å². The monoisotopic (exact) mass is 353 g/mol. The molecule has 1 spiro atoms. The lowest BCUT2D eigenvalue weighted by molar-refractivity contribution is -0.135. The van der Waals surface area contributed by atoms with Crippen LogP contribution in [0.2, 0.25) is 0 Å². The van der Waals surface area contributed by atoms with Crippen LogP contribution >= 0.6 is 0 Å². The first-order valence-corrected chi connectivity index (χ1v) is 8.82. The van der Waals surface area contributed by atoms with Crippen LogP contribution in [0.25, 0.3) is 0 Å². The molecule has 2 fully saturated rings. The fourth-order valence-electron chi connectivity index (χ4n) is 3.93. The first-order valence-electron chi connectivity index (χ1n) is 8.82. The van der Waals surface area contributed by atoms with Gasteiger partial charge in [-0.25, -0.2) is 4.39 Å². The molecule has 5 nitrogen and oxygen atoms in total. The number of aromatic nitrogens is 1. The number of carbonyl (C=O) groups excluding carboxylic acids is 2. The van der Waals surface area contributed by atoms with Gasteiger partial charge in [-0.3, -0.25) is 14.6 Å². The molecule has 2 aliphatic heterocycles. The van der Waals surface area contributed by atoms with E-state index in [4.69, 9.17) is 0 Å². The third kappa shape index (κ3) is 2.96. The van der Waals surface area contributed by atoms with Crippen LogP contribution in [0, 0.1) is 11.2 Å². The van der Waals surface area contributed by atoms with Gasteiger partial charge in [-0.2, -0.15) is 0 Å². The number of nitrogens with zero attached hydrogens (tertiary/aromatic N) is 3. The van der Waals surface area contributed by atoms with Gasteiger partial charge in [-0.05, 0) is 49.2 Å². The highest BCUT2D eigenvalue weighted by Crippen LogP contribution is 2.41. The van der Waals surface area contributed by atoms with E-state index in [1.807, 2.05) is 23.1 Å². The van der Waals surface area contributed by atoms with Crippen LogP contribution in [0.4, 0.5) is 4.39 Å². The lowest BCUT2D eigenvalue weighted by Crippen LogP contribution is -2.38. The van der Waals surface area contributed by atoms with Crippen LogP contribution in [0.15, 0.2) is 48.7 Å². The van der Waals surface area contributed by atoms with E-state index in [9.17, 15) is 14.0 Å². The van der Waals surface area contributed by atoms with E-state index in [-0.39, 0.29) is 17.6 Å². The van der Waals surface area contributed by atoms with Crippen LogP contribution < -0.4 is 0 Å². The van der Waals surface area contributed by atoms with E-state index in [0.29, 0.717) is 38.2 Å². The first-order chi connectivity index (χ1) is 12.6. The zero-order valence-electron chi connectivity index (χ0n) is 14.4. The van der Waals surface area contributed by atoms with E-state index < -0.39 is 5.41 Å². The number of benzene rings is 1. The van der Waals surface area contributed by atoms with Crippen molar-refractivity contribution >= 4 is 11.8 Å². The molecule has 2 amide bonds. The Morgan fingerprint density at radius 1 is 1.12 bits per heavy atom. The Bertz CT molecular complexity index is 825. The maximum Gasteiger partial charge on any atom is 0.253 e. The number of pyridine rings is 1. The van der Waals surface area contributed by atoms with Gasteiger partial charge in [0, 0.05) is 31.4 Å². The molecule has 0 radical (unpaired) electrons. The predicted octanol–water partition coefficient (Wildman–Crippen LogP) is 2.49. The molecule has 26 heavy (non-hydrogen) atoms. The molecule has 6 heteroatoms. The topological polar surface area (TPSA) is 53.5 Å². The molecule has 1 aromatic carbocycles. The maximum atomic E-state index is 13.1. The minimum absolute atomic E-state index is 0.109. The van der Waals surface area contributed by atoms with E-state index in [2.05, 4.69) is 4.98 Å². The summed E-state index contributed by atoms with van der Waals surface area (Å²) in [6, 6.07) is 11.2. The normalized spacial score (nSPS) is 22.4. The molecule has 134 valence electrons. The second-order valence-electron chi connectivity index (χ2n) is 7.06. The van der Waals surface area contributed by atoms with Crippen LogP contribution in [0.3, 0.4) is 0 Å². The number of hydrogen-bond acceptors (Lipinski definition) is 3. The molecular weight excluding hydrogens is 333 g/mol. The van der Waals surface area contributed by atoms with Crippen molar-refractivity contribution < 1.29 is 14.0 Å². The first kappa shape index (κ1) is 16.7. The molecule has 3 heterocycles. The second kappa shape index (κ2) is 6.52. The van der Waals surface area contributed by atoms with E-state index in [0.717, 1.165) is 12.1 Å². The SMILES string of the molecule is O=C(c1ccc(F)cc1)N1CCC2(CCN(Cc3ccccn3)C2=O)C1. The van der Waals surface area contributed by atoms with Crippen molar-refractivity contribution in [2.75, 3.05) is 19.6 Å². The fraction of sp³-hybridized carbons (Fsp3) is 0.350. The highest BCUT2D eigenvalue weighted by atomic mass is 19.1. The summed E-state index contributed by atoms with van der Waals surface area (Å²) in [7, 11) is 0. The Kier molecular flexibility index (Phi) is 4.18. The third-order valence-corrected chi connectivity index (χ3v) is 5.41. The molecule has 0 bridgehead atoms. The summed E-state index contributed by atoms with van der Waals surface area (Å²) in [5.41, 5.74) is 0.846. The minimum atomic E-state index is -0.482. The lowest BCUT2D eigenvalue weighted by atomic mass is 9.85. The Morgan fingerprint density at radius 2 is 1.88 bits per heavy atom. The molecule has 2 aliphatic rings. The Balaban J connectivity index is 1.45. The molecule has 2 saturated heterocycles. The van der Waals surface area contributed by atoms with Gasteiger partial charge in [0.2, 0.25) is 5.91 Å². The van der Waals surface area contributed by atoms with Crippen molar-refractivity contribution in [3.8, 4) is 0 Å². The molecule has 1 atom stereocenters. The summed E-state index contributed by atoms with van der Waals surface area (Å²) in [5, 5.41) is 0. The van der Waals surface area contributed by atoms with Gasteiger partial charge in [0.15, 0.2) is 0 Å².